The van der Waals surface area contributed by atoms with Gasteiger partial charge in [0.1, 0.15) is 18.3 Å². The van der Waals surface area contributed by atoms with Gasteiger partial charge in [-0.3, -0.25) is 4.57 Å². The second-order valence-electron chi connectivity index (χ2n) is 7.98. The first-order valence-corrected chi connectivity index (χ1v) is 10.8. The lowest BCUT2D eigenvalue weighted by molar-refractivity contribution is -0.0511. The molecule has 5 rings (SSSR count). The number of halogens is 1. The van der Waals surface area contributed by atoms with Gasteiger partial charge < -0.3 is 25.0 Å². The Balaban J connectivity index is 1.58. The molecule has 2 saturated heterocycles. The molecule has 2 aromatic heterocycles. The number of hydrogen-bond acceptors (Lipinski definition) is 8. The van der Waals surface area contributed by atoms with Gasteiger partial charge in [-0.15, -0.1) is 0 Å². The fourth-order valence-corrected chi connectivity index (χ4v) is 4.74. The van der Waals surface area contributed by atoms with E-state index in [2.05, 4.69) is 32.0 Å². The molecule has 3 N–H and O–H groups in total. The minimum atomic E-state index is -1.24. The molecule has 2 fully saturated rings. The monoisotopic (exact) mass is 445 g/mol. The third-order valence-corrected chi connectivity index (χ3v) is 6.30. The van der Waals surface area contributed by atoms with E-state index in [1.807, 2.05) is 18.2 Å². The van der Waals surface area contributed by atoms with Crippen molar-refractivity contribution in [2.75, 3.05) is 18.1 Å². The molecule has 0 aliphatic carbocycles. The maximum absolute atomic E-state index is 10.4. The summed E-state index contributed by atoms with van der Waals surface area (Å²) in [5, 5.41) is 30.1. The second kappa shape index (κ2) is 8.33. The molecule has 5 atom stereocenters. The lowest BCUT2D eigenvalue weighted by Crippen LogP contribution is -2.34. The predicted octanol–water partition coefficient (Wildman–Crippen LogP) is 1.82. The number of ether oxygens (including phenoxy) is 1. The van der Waals surface area contributed by atoms with Crippen molar-refractivity contribution in [3.8, 4) is 0 Å². The molecule has 0 amide bonds. The molecule has 9 nitrogen and oxygen atoms in total. The van der Waals surface area contributed by atoms with Crippen molar-refractivity contribution in [2.24, 2.45) is 0 Å². The van der Waals surface area contributed by atoms with Crippen molar-refractivity contribution in [3.05, 3.63) is 47.5 Å². The number of fused-ring (bicyclic) bond motifs is 1. The standard InChI is InChI=1S/C21H24ClN5O4/c22-21-24-18(26-9-5-4-8-13(26)12-6-2-1-3-7-12)15-19(25-21)27(11-23-15)20-17(30)16(29)14(10-28)31-20/h1-3,6-7,11,13-14,16-17,20,28-30H,4-5,8-10H2. The summed E-state index contributed by atoms with van der Waals surface area (Å²) in [4.78, 5) is 15.6. The molecule has 0 bridgehead atoms. The fraction of sp³-hybridized carbons (Fsp3) is 0.476. The van der Waals surface area contributed by atoms with Crippen LogP contribution in [0.25, 0.3) is 11.2 Å². The maximum Gasteiger partial charge on any atom is 0.226 e. The Kier molecular flexibility index (Phi) is 5.53. The highest BCUT2D eigenvalue weighted by atomic mass is 35.5. The second-order valence-corrected chi connectivity index (χ2v) is 8.32. The van der Waals surface area contributed by atoms with Crippen molar-refractivity contribution in [1.82, 2.24) is 19.5 Å². The van der Waals surface area contributed by atoms with E-state index < -0.39 is 31.1 Å². The zero-order valence-electron chi connectivity index (χ0n) is 16.8. The normalized spacial score (nSPS) is 29.0. The van der Waals surface area contributed by atoms with Crippen LogP contribution in [0.5, 0.6) is 0 Å². The molecule has 1 aromatic carbocycles. The van der Waals surface area contributed by atoms with Crippen LogP contribution >= 0.6 is 11.6 Å². The van der Waals surface area contributed by atoms with Crippen LogP contribution in [0.1, 0.15) is 37.1 Å². The Morgan fingerprint density at radius 3 is 2.65 bits per heavy atom. The van der Waals surface area contributed by atoms with Gasteiger partial charge in [0.15, 0.2) is 23.2 Å². The van der Waals surface area contributed by atoms with Crippen LogP contribution in [0.4, 0.5) is 5.82 Å². The van der Waals surface area contributed by atoms with Crippen LogP contribution in [0, 0.1) is 0 Å². The molecule has 2 aliphatic rings. The van der Waals surface area contributed by atoms with Gasteiger partial charge in [0.05, 0.1) is 19.0 Å². The van der Waals surface area contributed by atoms with E-state index in [0.717, 1.165) is 25.8 Å². The Morgan fingerprint density at radius 2 is 1.90 bits per heavy atom. The number of benzene rings is 1. The highest BCUT2D eigenvalue weighted by molar-refractivity contribution is 6.28. The number of aliphatic hydroxyl groups is 3. The summed E-state index contributed by atoms with van der Waals surface area (Å²) in [5.41, 5.74) is 2.15. The number of aliphatic hydroxyl groups excluding tert-OH is 3. The Morgan fingerprint density at radius 1 is 1.10 bits per heavy atom. The average Bonchev–Trinajstić information content (AvgIpc) is 3.34. The number of piperidine rings is 1. The van der Waals surface area contributed by atoms with E-state index in [1.165, 1.54) is 16.5 Å². The first kappa shape index (κ1) is 20.6. The summed E-state index contributed by atoms with van der Waals surface area (Å²) >= 11 is 6.31. The highest BCUT2D eigenvalue weighted by Gasteiger charge is 2.44. The number of hydrogen-bond donors (Lipinski definition) is 3. The molecule has 31 heavy (non-hydrogen) atoms. The summed E-state index contributed by atoms with van der Waals surface area (Å²) in [5.74, 6) is 0.633. The Hall–Kier alpha value is -2.30. The third kappa shape index (κ3) is 3.56. The Labute approximate surface area is 183 Å². The molecule has 0 spiro atoms. The van der Waals surface area contributed by atoms with Crippen molar-refractivity contribution >= 4 is 28.6 Å². The molecular formula is C21H24ClN5O4. The van der Waals surface area contributed by atoms with E-state index in [9.17, 15) is 15.3 Å². The van der Waals surface area contributed by atoms with Crippen molar-refractivity contribution in [1.29, 1.82) is 0 Å². The molecule has 0 radical (unpaired) electrons. The van der Waals surface area contributed by atoms with Crippen molar-refractivity contribution < 1.29 is 20.1 Å². The largest absolute Gasteiger partial charge is 0.394 e. The lowest BCUT2D eigenvalue weighted by atomic mass is 9.95. The molecular weight excluding hydrogens is 422 g/mol. The summed E-state index contributed by atoms with van der Waals surface area (Å²) in [6, 6.07) is 10.4. The zero-order chi connectivity index (χ0) is 21.5. The molecule has 10 heteroatoms. The minimum absolute atomic E-state index is 0.0633. The van der Waals surface area contributed by atoms with Crippen LogP contribution in [0.3, 0.4) is 0 Å². The molecule has 5 unspecified atom stereocenters. The SMILES string of the molecule is OCC1OC(n2cnc3c(N4CCCCC4c4ccccc4)nc(Cl)nc32)C(O)C1O. The first-order valence-electron chi connectivity index (χ1n) is 10.4. The van der Waals surface area contributed by atoms with E-state index in [1.54, 1.807) is 0 Å². The zero-order valence-corrected chi connectivity index (χ0v) is 17.5. The van der Waals surface area contributed by atoms with Gasteiger partial charge in [0.25, 0.3) is 0 Å². The van der Waals surface area contributed by atoms with E-state index in [0.29, 0.717) is 17.0 Å². The quantitative estimate of drug-likeness (QED) is 0.521. The van der Waals surface area contributed by atoms with Crippen LogP contribution in [-0.2, 0) is 4.74 Å². The smallest absolute Gasteiger partial charge is 0.226 e. The molecule has 164 valence electrons. The number of anilines is 1. The van der Waals surface area contributed by atoms with Gasteiger partial charge in [-0.1, -0.05) is 30.3 Å². The number of nitrogens with zero attached hydrogens (tertiary/aromatic N) is 5. The average molecular weight is 446 g/mol. The van der Waals surface area contributed by atoms with Crippen LogP contribution < -0.4 is 4.90 Å². The van der Waals surface area contributed by atoms with Crippen molar-refractivity contribution in [3.63, 3.8) is 0 Å². The van der Waals surface area contributed by atoms with Gasteiger partial charge in [0, 0.05) is 6.54 Å². The summed E-state index contributed by atoms with van der Waals surface area (Å²) in [6.07, 6.45) is 0.356. The topological polar surface area (TPSA) is 117 Å². The molecule has 2 aliphatic heterocycles. The Bertz CT molecular complexity index is 1060. The van der Waals surface area contributed by atoms with Gasteiger partial charge in [-0.25, -0.2) is 4.98 Å². The lowest BCUT2D eigenvalue weighted by Gasteiger charge is -2.37. The van der Waals surface area contributed by atoms with E-state index in [-0.39, 0.29) is 11.3 Å². The van der Waals surface area contributed by atoms with E-state index >= 15 is 0 Å². The van der Waals surface area contributed by atoms with E-state index in [4.69, 9.17) is 16.3 Å². The molecule has 0 saturated carbocycles. The predicted molar refractivity (Wildman–Crippen MR) is 114 cm³/mol. The van der Waals surface area contributed by atoms with Crippen LogP contribution in [-0.4, -0.2) is 66.3 Å². The highest BCUT2D eigenvalue weighted by Crippen LogP contribution is 2.38. The minimum Gasteiger partial charge on any atom is -0.394 e. The van der Waals surface area contributed by atoms with Gasteiger partial charge >= 0.3 is 0 Å². The van der Waals surface area contributed by atoms with Crippen LogP contribution in [0.2, 0.25) is 5.28 Å². The molecule has 4 heterocycles. The summed E-state index contributed by atoms with van der Waals surface area (Å²) in [6.45, 7) is 0.400. The number of aromatic nitrogens is 4. The fourth-order valence-electron chi connectivity index (χ4n) is 4.58. The van der Waals surface area contributed by atoms with Gasteiger partial charge in [0.2, 0.25) is 5.28 Å². The summed E-state index contributed by atoms with van der Waals surface area (Å²) in [7, 11) is 0. The van der Waals surface area contributed by atoms with Crippen LogP contribution in [0.15, 0.2) is 36.7 Å². The van der Waals surface area contributed by atoms with Gasteiger partial charge in [-0.2, -0.15) is 9.97 Å². The number of imidazole rings is 1. The van der Waals surface area contributed by atoms with Gasteiger partial charge in [-0.05, 0) is 36.4 Å². The summed E-state index contributed by atoms with van der Waals surface area (Å²) < 4.78 is 7.20. The van der Waals surface area contributed by atoms with Crippen molar-refractivity contribution in [2.45, 2.75) is 49.8 Å². The maximum atomic E-state index is 10.4. The molecule has 3 aromatic rings. The third-order valence-electron chi connectivity index (χ3n) is 6.13. The first-order chi connectivity index (χ1) is 15.1. The number of rotatable bonds is 4.